The van der Waals surface area contributed by atoms with Crippen molar-refractivity contribution in [1.82, 2.24) is 10.2 Å². The number of hydrogen-bond donors (Lipinski definition) is 1. The maximum atomic E-state index is 12.8. The van der Waals surface area contributed by atoms with Crippen LogP contribution in [0.15, 0.2) is 54.6 Å². The van der Waals surface area contributed by atoms with Gasteiger partial charge in [0.25, 0.3) is 5.91 Å². The number of benzene rings is 2. The molecule has 0 spiro atoms. The van der Waals surface area contributed by atoms with E-state index < -0.39 is 0 Å². The summed E-state index contributed by atoms with van der Waals surface area (Å²) in [6, 6.07) is 15.0. The van der Waals surface area contributed by atoms with E-state index in [-0.39, 0.29) is 17.9 Å². The van der Waals surface area contributed by atoms with Crippen molar-refractivity contribution in [2.75, 3.05) is 27.3 Å². The zero-order chi connectivity index (χ0) is 20.6. The van der Waals surface area contributed by atoms with E-state index in [9.17, 15) is 9.59 Å². The van der Waals surface area contributed by atoms with Gasteiger partial charge in [0.15, 0.2) is 0 Å². The Balaban J connectivity index is 1.55. The molecule has 2 amide bonds. The number of nitrogens with zero attached hydrogens (tertiary/aromatic N) is 1. The molecule has 0 radical (unpaired) electrons. The monoisotopic (exact) mass is 394 g/mol. The minimum atomic E-state index is -0.229. The standard InChI is InChI=1S/C23H26N2O4/c1-28-19-9-6-10-20(29-2)22(19)23(27)24-18-13-15-25(16-14-18)21(26)12-11-17-7-4-3-5-8-17/h3-12,18H,13-16H2,1-2H3,(H,24,27)/b12-11+. The molecule has 6 nitrogen and oxygen atoms in total. The third kappa shape index (κ3) is 5.16. The van der Waals surface area contributed by atoms with E-state index in [4.69, 9.17) is 9.47 Å². The van der Waals surface area contributed by atoms with Crippen LogP contribution < -0.4 is 14.8 Å². The highest BCUT2D eigenvalue weighted by atomic mass is 16.5. The molecule has 1 heterocycles. The van der Waals surface area contributed by atoms with Crippen molar-refractivity contribution < 1.29 is 19.1 Å². The number of hydrogen-bond acceptors (Lipinski definition) is 4. The van der Waals surface area contributed by atoms with Gasteiger partial charge in [0.1, 0.15) is 17.1 Å². The second kappa shape index (κ2) is 9.78. The van der Waals surface area contributed by atoms with Crippen LogP contribution in [-0.2, 0) is 4.79 Å². The number of nitrogens with one attached hydrogen (secondary N) is 1. The fraction of sp³-hybridized carbons (Fsp3) is 0.304. The Labute approximate surface area is 171 Å². The molecule has 3 rings (SSSR count). The Kier molecular flexibility index (Phi) is 6.89. The van der Waals surface area contributed by atoms with Crippen molar-refractivity contribution in [2.24, 2.45) is 0 Å². The number of methoxy groups -OCH3 is 2. The van der Waals surface area contributed by atoms with Gasteiger partial charge in [0, 0.05) is 25.2 Å². The zero-order valence-electron chi connectivity index (χ0n) is 16.8. The summed E-state index contributed by atoms with van der Waals surface area (Å²) in [5.41, 5.74) is 1.38. The first-order valence-electron chi connectivity index (χ1n) is 9.66. The van der Waals surface area contributed by atoms with E-state index in [1.54, 1.807) is 24.3 Å². The van der Waals surface area contributed by atoms with E-state index in [1.165, 1.54) is 14.2 Å². The van der Waals surface area contributed by atoms with Crippen LogP contribution >= 0.6 is 0 Å². The molecule has 2 aromatic carbocycles. The quantitative estimate of drug-likeness (QED) is 0.765. The summed E-state index contributed by atoms with van der Waals surface area (Å²) in [5, 5.41) is 3.05. The van der Waals surface area contributed by atoms with Gasteiger partial charge >= 0.3 is 0 Å². The Bertz CT molecular complexity index is 849. The molecule has 0 saturated carbocycles. The van der Waals surface area contributed by atoms with Crippen molar-refractivity contribution in [2.45, 2.75) is 18.9 Å². The molecular weight excluding hydrogens is 368 g/mol. The number of amides is 2. The number of rotatable bonds is 6. The molecule has 6 heteroatoms. The highest BCUT2D eigenvalue weighted by Gasteiger charge is 2.25. The molecule has 1 N–H and O–H groups in total. The summed E-state index contributed by atoms with van der Waals surface area (Å²) in [7, 11) is 3.05. The maximum absolute atomic E-state index is 12.8. The highest BCUT2D eigenvalue weighted by Crippen LogP contribution is 2.28. The van der Waals surface area contributed by atoms with Gasteiger partial charge in [0.2, 0.25) is 5.91 Å². The molecule has 0 aromatic heterocycles. The van der Waals surface area contributed by atoms with Crippen molar-refractivity contribution in [3.8, 4) is 11.5 Å². The lowest BCUT2D eigenvalue weighted by atomic mass is 10.0. The summed E-state index contributed by atoms with van der Waals surface area (Å²) < 4.78 is 10.6. The fourth-order valence-electron chi connectivity index (χ4n) is 3.41. The van der Waals surface area contributed by atoms with Crippen molar-refractivity contribution in [3.63, 3.8) is 0 Å². The van der Waals surface area contributed by atoms with Gasteiger partial charge in [-0.3, -0.25) is 9.59 Å². The molecular formula is C23H26N2O4. The predicted molar refractivity (Wildman–Crippen MR) is 112 cm³/mol. The minimum absolute atomic E-state index is 0.000675. The second-order valence-corrected chi connectivity index (χ2v) is 6.85. The maximum Gasteiger partial charge on any atom is 0.259 e. The van der Waals surface area contributed by atoms with Crippen molar-refractivity contribution in [3.05, 3.63) is 65.7 Å². The number of piperidine rings is 1. The van der Waals surface area contributed by atoms with Crippen molar-refractivity contribution >= 4 is 17.9 Å². The lowest BCUT2D eigenvalue weighted by molar-refractivity contribution is -0.126. The first-order valence-corrected chi connectivity index (χ1v) is 9.66. The zero-order valence-corrected chi connectivity index (χ0v) is 16.8. The molecule has 1 saturated heterocycles. The van der Waals surface area contributed by atoms with Crippen LogP contribution in [0.1, 0.15) is 28.8 Å². The number of carbonyl (C=O) groups is 2. The van der Waals surface area contributed by atoms with Gasteiger partial charge in [0.05, 0.1) is 14.2 Å². The van der Waals surface area contributed by atoms with Crippen LogP contribution in [0.5, 0.6) is 11.5 Å². The SMILES string of the molecule is COc1cccc(OC)c1C(=O)NC1CCN(C(=O)/C=C/c2ccccc2)CC1. The van der Waals surface area contributed by atoms with Crippen LogP contribution in [0.3, 0.4) is 0 Å². The third-order valence-corrected chi connectivity index (χ3v) is 5.01. The number of likely N-dealkylation sites (tertiary alicyclic amines) is 1. The molecule has 1 fully saturated rings. The van der Waals surface area contributed by atoms with Crippen LogP contribution in [0.2, 0.25) is 0 Å². The lowest BCUT2D eigenvalue weighted by Gasteiger charge is -2.32. The fourth-order valence-corrected chi connectivity index (χ4v) is 3.41. The lowest BCUT2D eigenvalue weighted by Crippen LogP contribution is -2.46. The van der Waals surface area contributed by atoms with Gasteiger partial charge in [-0.2, -0.15) is 0 Å². The van der Waals surface area contributed by atoms with Crippen LogP contribution in [0.25, 0.3) is 6.08 Å². The summed E-state index contributed by atoms with van der Waals surface area (Å²) in [4.78, 5) is 27.0. The average molecular weight is 394 g/mol. The molecule has 0 bridgehead atoms. The van der Waals surface area contributed by atoms with Gasteiger partial charge in [-0.15, -0.1) is 0 Å². The van der Waals surface area contributed by atoms with Gasteiger partial charge < -0.3 is 19.7 Å². The first kappa shape index (κ1) is 20.5. The summed E-state index contributed by atoms with van der Waals surface area (Å²) in [6.45, 7) is 1.21. The van der Waals surface area contributed by atoms with Crippen LogP contribution in [-0.4, -0.2) is 50.1 Å². The smallest absolute Gasteiger partial charge is 0.259 e. The normalized spacial score (nSPS) is 14.6. The topological polar surface area (TPSA) is 67.9 Å². The summed E-state index contributed by atoms with van der Waals surface area (Å²) in [5.74, 6) is 0.708. The predicted octanol–water partition coefficient (Wildman–Crippen LogP) is 3.14. The highest BCUT2D eigenvalue weighted by molar-refractivity contribution is 6.00. The minimum Gasteiger partial charge on any atom is -0.496 e. The Morgan fingerprint density at radius 1 is 0.966 bits per heavy atom. The Morgan fingerprint density at radius 3 is 2.17 bits per heavy atom. The Hall–Kier alpha value is -3.28. The van der Waals surface area contributed by atoms with Crippen LogP contribution in [0.4, 0.5) is 0 Å². The van der Waals surface area contributed by atoms with E-state index in [0.29, 0.717) is 43.0 Å². The second-order valence-electron chi connectivity index (χ2n) is 6.85. The molecule has 1 aliphatic heterocycles. The Morgan fingerprint density at radius 2 is 1.59 bits per heavy atom. The molecule has 0 unspecified atom stereocenters. The van der Waals surface area contributed by atoms with E-state index >= 15 is 0 Å². The van der Waals surface area contributed by atoms with E-state index in [2.05, 4.69) is 5.32 Å². The number of carbonyl (C=O) groups excluding carboxylic acids is 2. The van der Waals surface area contributed by atoms with Gasteiger partial charge in [-0.25, -0.2) is 0 Å². The molecule has 0 aliphatic carbocycles. The molecule has 29 heavy (non-hydrogen) atoms. The molecule has 152 valence electrons. The van der Waals surface area contributed by atoms with E-state index in [0.717, 1.165) is 5.56 Å². The van der Waals surface area contributed by atoms with Crippen LogP contribution in [0, 0.1) is 0 Å². The summed E-state index contributed by atoms with van der Waals surface area (Å²) in [6.07, 6.45) is 4.83. The largest absolute Gasteiger partial charge is 0.496 e. The summed E-state index contributed by atoms with van der Waals surface area (Å²) >= 11 is 0. The third-order valence-electron chi connectivity index (χ3n) is 5.01. The van der Waals surface area contributed by atoms with Crippen molar-refractivity contribution in [1.29, 1.82) is 0 Å². The molecule has 1 aliphatic rings. The number of ether oxygens (including phenoxy) is 2. The molecule has 0 atom stereocenters. The average Bonchev–Trinajstić information content (AvgIpc) is 2.77. The molecule has 2 aromatic rings. The van der Waals surface area contributed by atoms with Gasteiger partial charge in [-0.1, -0.05) is 36.4 Å². The first-order chi connectivity index (χ1) is 14.1. The van der Waals surface area contributed by atoms with Gasteiger partial charge in [-0.05, 0) is 36.6 Å². The van der Waals surface area contributed by atoms with E-state index in [1.807, 2.05) is 41.3 Å².